The number of ether oxygens (including phenoxy) is 3. The van der Waals surface area contributed by atoms with Crippen LogP contribution in [0.5, 0.6) is 11.5 Å². The van der Waals surface area contributed by atoms with Crippen molar-refractivity contribution in [3.8, 4) is 11.5 Å². The van der Waals surface area contributed by atoms with Crippen LogP contribution in [0.4, 0.5) is 10.5 Å². The maximum atomic E-state index is 12.7. The maximum Gasteiger partial charge on any atom is 0.408 e. The van der Waals surface area contributed by atoms with Crippen molar-refractivity contribution in [1.82, 2.24) is 10.2 Å². The number of carboxylic acid groups (broad SMARTS) is 1. The summed E-state index contributed by atoms with van der Waals surface area (Å²) in [5.74, 6) is 0.0199. The van der Waals surface area contributed by atoms with Gasteiger partial charge in [-0.05, 0) is 24.1 Å². The highest BCUT2D eigenvalue weighted by Gasteiger charge is 2.26. The van der Waals surface area contributed by atoms with Gasteiger partial charge in [0.1, 0.15) is 24.1 Å². The number of piperazine rings is 1. The van der Waals surface area contributed by atoms with E-state index in [-0.39, 0.29) is 25.4 Å². The van der Waals surface area contributed by atoms with Gasteiger partial charge in [0.15, 0.2) is 0 Å². The molecule has 1 heterocycles. The topological polar surface area (TPSA) is 118 Å². The Morgan fingerprint density at radius 3 is 2.34 bits per heavy atom. The summed E-state index contributed by atoms with van der Waals surface area (Å²) in [5, 5.41) is 11.8. The molecule has 0 aromatic heterocycles. The molecule has 1 fully saturated rings. The van der Waals surface area contributed by atoms with Crippen LogP contribution in [-0.4, -0.2) is 74.4 Å². The molecule has 0 bridgehead atoms. The van der Waals surface area contributed by atoms with Gasteiger partial charge in [0, 0.05) is 38.7 Å². The Kier molecular flexibility index (Phi) is 9.16. The normalized spacial score (nSPS) is 14.1. The van der Waals surface area contributed by atoms with Crippen LogP contribution in [-0.2, 0) is 20.9 Å². The molecular formula is C25H31N3O7. The Bertz CT molecular complexity index is 1010. The second-order valence-corrected chi connectivity index (χ2v) is 8.04. The number of hydrogen-bond donors (Lipinski definition) is 2. The van der Waals surface area contributed by atoms with Crippen molar-refractivity contribution in [2.75, 3.05) is 45.3 Å². The number of rotatable bonds is 10. The van der Waals surface area contributed by atoms with Crippen molar-refractivity contribution in [3.05, 3.63) is 54.1 Å². The molecule has 188 valence electrons. The van der Waals surface area contributed by atoms with Crippen molar-refractivity contribution in [1.29, 1.82) is 0 Å². The van der Waals surface area contributed by atoms with E-state index in [4.69, 9.17) is 14.2 Å². The molecule has 10 heteroatoms. The number of carbonyl (C=O) groups is 3. The second kappa shape index (κ2) is 12.5. The number of carboxylic acids is 1. The third-order valence-electron chi connectivity index (χ3n) is 5.81. The minimum atomic E-state index is -1.22. The number of alkyl carbamates (subject to hydrolysis) is 1. The highest BCUT2D eigenvalue weighted by atomic mass is 16.5. The summed E-state index contributed by atoms with van der Waals surface area (Å²) in [4.78, 5) is 40.1. The Labute approximate surface area is 204 Å². The average molecular weight is 486 g/mol. The molecule has 0 spiro atoms. The molecule has 2 aromatic rings. The molecule has 0 unspecified atom stereocenters. The van der Waals surface area contributed by atoms with Crippen LogP contribution in [0.2, 0.25) is 0 Å². The van der Waals surface area contributed by atoms with E-state index in [2.05, 4.69) is 10.2 Å². The maximum absolute atomic E-state index is 12.7. The quantitative estimate of drug-likeness (QED) is 0.527. The largest absolute Gasteiger partial charge is 0.497 e. The van der Waals surface area contributed by atoms with E-state index >= 15 is 0 Å². The van der Waals surface area contributed by atoms with Crippen LogP contribution in [0.3, 0.4) is 0 Å². The Morgan fingerprint density at radius 1 is 1.00 bits per heavy atom. The molecule has 0 saturated carbocycles. The van der Waals surface area contributed by atoms with E-state index in [1.807, 2.05) is 36.4 Å². The minimum Gasteiger partial charge on any atom is -0.497 e. The van der Waals surface area contributed by atoms with Gasteiger partial charge in [0.25, 0.3) is 0 Å². The molecule has 35 heavy (non-hydrogen) atoms. The molecule has 1 atom stereocenters. The van der Waals surface area contributed by atoms with Gasteiger partial charge in [-0.15, -0.1) is 0 Å². The Balaban J connectivity index is 1.46. The van der Waals surface area contributed by atoms with Gasteiger partial charge in [0.2, 0.25) is 5.91 Å². The molecule has 2 amide bonds. The van der Waals surface area contributed by atoms with Crippen LogP contribution >= 0.6 is 0 Å². The number of carbonyl (C=O) groups excluding carboxylic acids is 2. The van der Waals surface area contributed by atoms with Gasteiger partial charge in [-0.1, -0.05) is 30.3 Å². The molecule has 3 rings (SSSR count). The van der Waals surface area contributed by atoms with Gasteiger partial charge >= 0.3 is 12.1 Å². The molecule has 1 aliphatic heterocycles. The monoisotopic (exact) mass is 485 g/mol. The first-order valence-corrected chi connectivity index (χ1v) is 11.4. The highest BCUT2D eigenvalue weighted by molar-refractivity contribution is 5.82. The summed E-state index contributed by atoms with van der Waals surface area (Å²) in [6, 6.07) is 13.5. The van der Waals surface area contributed by atoms with Gasteiger partial charge < -0.3 is 34.4 Å². The van der Waals surface area contributed by atoms with Gasteiger partial charge in [-0.3, -0.25) is 4.79 Å². The number of benzene rings is 2. The molecule has 0 aliphatic carbocycles. The fourth-order valence-corrected chi connectivity index (χ4v) is 3.83. The third-order valence-corrected chi connectivity index (χ3v) is 5.81. The predicted molar refractivity (Wildman–Crippen MR) is 129 cm³/mol. The van der Waals surface area contributed by atoms with Gasteiger partial charge in [-0.25, -0.2) is 9.59 Å². The molecule has 10 nitrogen and oxygen atoms in total. The standard InChI is InChI=1S/C25H31N3O7/c1-33-19-8-10-21(22(16-19)34-2)27-12-14-28(15-13-27)23(29)11-9-20(24(30)31)26-25(32)35-17-18-6-4-3-5-7-18/h3-8,10,16,20H,9,11-15,17H2,1-2H3,(H,26,32)(H,30,31)/t20-/m0/s1. The highest BCUT2D eigenvalue weighted by Crippen LogP contribution is 2.32. The number of nitrogens with zero attached hydrogens (tertiary/aromatic N) is 2. The fraction of sp³-hybridized carbons (Fsp3) is 0.400. The lowest BCUT2D eigenvalue weighted by molar-refractivity contribution is -0.140. The van der Waals surface area contributed by atoms with Gasteiger partial charge in [0.05, 0.1) is 19.9 Å². The average Bonchev–Trinajstić information content (AvgIpc) is 2.89. The zero-order chi connectivity index (χ0) is 25.2. The predicted octanol–water partition coefficient (Wildman–Crippen LogP) is 2.51. The first-order valence-electron chi connectivity index (χ1n) is 11.4. The van der Waals surface area contributed by atoms with E-state index in [1.54, 1.807) is 31.3 Å². The van der Waals surface area contributed by atoms with E-state index in [0.29, 0.717) is 37.7 Å². The summed E-state index contributed by atoms with van der Waals surface area (Å²) >= 11 is 0. The summed E-state index contributed by atoms with van der Waals surface area (Å²) in [6.45, 7) is 2.25. The molecule has 1 aliphatic rings. The zero-order valence-corrected chi connectivity index (χ0v) is 19.9. The molecule has 2 N–H and O–H groups in total. The Hall–Kier alpha value is -3.95. The number of aliphatic carboxylic acids is 1. The summed E-state index contributed by atoms with van der Waals surface area (Å²) in [5.41, 5.74) is 1.71. The molecular weight excluding hydrogens is 454 g/mol. The van der Waals surface area contributed by atoms with E-state index in [9.17, 15) is 19.5 Å². The number of hydrogen-bond acceptors (Lipinski definition) is 7. The lowest BCUT2D eigenvalue weighted by Gasteiger charge is -2.36. The van der Waals surface area contributed by atoms with Crippen LogP contribution in [0.1, 0.15) is 18.4 Å². The third kappa shape index (κ3) is 7.26. The summed E-state index contributed by atoms with van der Waals surface area (Å²) < 4.78 is 15.8. The summed E-state index contributed by atoms with van der Waals surface area (Å²) in [6.07, 6.45) is -0.862. The van der Waals surface area contributed by atoms with Crippen molar-refractivity contribution >= 4 is 23.7 Å². The number of anilines is 1. The van der Waals surface area contributed by atoms with Gasteiger partial charge in [-0.2, -0.15) is 0 Å². The molecule has 0 radical (unpaired) electrons. The van der Waals surface area contributed by atoms with Crippen molar-refractivity contribution in [2.45, 2.75) is 25.5 Å². The number of methoxy groups -OCH3 is 2. The van der Waals surface area contributed by atoms with Crippen molar-refractivity contribution in [2.24, 2.45) is 0 Å². The van der Waals surface area contributed by atoms with Crippen LogP contribution in [0.25, 0.3) is 0 Å². The smallest absolute Gasteiger partial charge is 0.408 e. The second-order valence-electron chi connectivity index (χ2n) is 8.04. The van der Waals surface area contributed by atoms with E-state index in [0.717, 1.165) is 11.3 Å². The summed E-state index contributed by atoms with van der Waals surface area (Å²) in [7, 11) is 3.19. The van der Waals surface area contributed by atoms with Crippen molar-refractivity contribution in [3.63, 3.8) is 0 Å². The lowest BCUT2D eigenvalue weighted by atomic mass is 10.1. The first kappa shape index (κ1) is 25.7. The number of nitrogens with one attached hydrogen (secondary N) is 1. The van der Waals surface area contributed by atoms with Crippen LogP contribution < -0.4 is 19.7 Å². The fourth-order valence-electron chi connectivity index (χ4n) is 3.83. The lowest BCUT2D eigenvalue weighted by Crippen LogP contribution is -2.49. The minimum absolute atomic E-state index is 0.00177. The SMILES string of the molecule is COc1ccc(N2CCN(C(=O)CC[C@H](NC(=O)OCc3ccccc3)C(=O)O)CC2)c(OC)c1. The molecule has 1 saturated heterocycles. The van der Waals surface area contributed by atoms with Crippen LogP contribution in [0.15, 0.2) is 48.5 Å². The van der Waals surface area contributed by atoms with Crippen LogP contribution in [0, 0.1) is 0 Å². The Morgan fingerprint density at radius 2 is 1.71 bits per heavy atom. The van der Waals surface area contributed by atoms with E-state index in [1.165, 1.54) is 0 Å². The molecule has 2 aromatic carbocycles. The van der Waals surface area contributed by atoms with E-state index < -0.39 is 18.1 Å². The van der Waals surface area contributed by atoms with Crippen molar-refractivity contribution < 1.29 is 33.7 Å². The zero-order valence-electron chi connectivity index (χ0n) is 19.9. The number of amides is 2. The first-order chi connectivity index (χ1) is 16.9.